The molecule has 0 saturated carbocycles. The molecule has 0 fully saturated rings. The van der Waals surface area contributed by atoms with E-state index in [2.05, 4.69) is 19.7 Å². The molecule has 0 atom stereocenters. The minimum Gasteiger partial charge on any atom is -0.467 e. The van der Waals surface area contributed by atoms with Gasteiger partial charge in [-0.25, -0.2) is 0 Å². The lowest BCUT2D eigenvalue weighted by Crippen LogP contribution is -1.94. The highest BCUT2D eigenvalue weighted by Gasteiger charge is 2.00. The van der Waals surface area contributed by atoms with Gasteiger partial charge < -0.3 is 4.74 Å². The van der Waals surface area contributed by atoms with Crippen LogP contribution in [0.3, 0.4) is 0 Å². The molecule has 0 spiro atoms. The van der Waals surface area contributed by atoms with Crippen LogP contribution in [0.2, 0.25) is 10.6 Å². The van der Waals surface area contributed by atoms with E-state index in [1.807, 2.05) is 0 Å². The Labute approximate surface area is 71.4 Å². The molecule has 1 aromatic heterocycles. The summed E-state index contributed by atoms with van der Waals surface area (Å²) in [4.78, 5) is 10.2. The summed E-state index contributed by atoms with van der Waals surface area (Å²) in [5.41, 5.74) is 0. The van der Waals surface area contributed by atoms with Gasteiger partial charge in [0.2, 0.25) is 10.6 Å². The molecule has 0 amide bonds. The number of ether oxygens (including phenoxy) is 1. The summed E-state index contributed by atoms with van der Waals surface area (Å²) in [5, 5.41) is -0.446. The summed E-state index contributed by atoms with van der Waals surface area (Å²) in [6.07, 6.45) is 0. The van der Waals surface area contributed by atoms with Gasteiger partial charge in [-0.3, -0.25) is 0 Å². The van der Waals surface area contributed by atoms with Gasteiger partial charge in [0.05, 0.1) is 11.2 Å². The van der Waals surface area contributed by atoms with Gasteiger partial charge >= 0.3 is 6.01 Å². The molecule has 4 nitrogen and oxygen atoms in total. The predicted molar refractivity (Wildman–Crippen MR) is 36.4 cm³/mol. The average molecular weight is 183 g/mol. The van der Waals surface area contributed by atoms with Gasteiger partial charge in [-0.1, -0.05) is 0 Å². The lowest BCUT2D eigenvalue weighted by molar-refractivity contribution is 0.378. The SMILES string of the molecule is [2H]C([2H])([2H])Oc1nc(Cl)nc(Cl)n1. The summed E-state index contributed by atoms with van der Waals surface area (Å²) >= 11 is 10.7. The van der Waals surface area contributed by atoms with Crippen molar-refractivity contribution in [3.63, 3.8) is 0 Å². The molecule has 1 rings (SSSR count). The van der Waals surface area contributed by atoms with Gasteiger partial charge in [0, 0.05) is 0 Å². The van der Waals surface area contributed by atoms with Gasteiger partial charge in [0.25, 0.3) is 0 Å². The predicted octanol–water partition coefficient (Wildman–Crippen LogP) is 1.19. The first-order valence-electron chi connectivity index (χ1n) is 3.63. The molecule has 10 heavy (non-hydrogen) atoms. The Balaban J connectivity index is 2.90. The molecule has 0 aliphatic heterocycles. The Morgan fingerprint density at radius 1 is 1.30 bits per heavy atom. The second-order valence-electron chi connectivity index (χ2n) is 1.26. The van der Waals surface area contributed by atoms with Crippen LogP contribution in [0.25, 0.3) is 0 Å². The van der Waals surface area contributed by atoms with Crippen LogP contribution in [0.15, 0.2) is 0 Å². The van der Waals surface area contributed by atoms with Gasteiger partial charge in [-0.05, 0) is 23.2 Å². The van der Waals surface area contributed by atoms with Gasteiger partial charge in [0.1, 0.15) is 0 Å². The molecule has 0 aromatic carbocycles. The third-order valence-electron chi connectivity index (χ3n) is 0.652. The maximum absolute atomic E-state index is 6.73. The maximum Gasteiger partial charge on any atom is 0.321 e. The van der Waals surface area contributed by atoms with Crippen LogP contribution < -0.4 is 4.74 Å². The molecule has 0 N–H and O–H groups in total. The van der Waals surface area contributed by atoms with E-state index in [-0.39, 0.29) is 10.6 Å². The third kappa shape index (κ3) is 1.68. The summed E-state index contributed by atoms with van der Waals surface area (Å²) in [5.74, 6) is 0. The highest BCUT2D eigenvalue weighted by Crippen LogP contribution is 2.09. The number of rotatable bonds is 1. The molecule has 0 unspecified atom stereocenters. The van der Waals surface area contributed by atoms with Crippen molar-refractivity contribution in [1.29, 1.82) is 0 Å². The first-order valence-corrected chi connectivity index (χ1v) is 2.88. The molecular formula is C4H3Cl2N3O. The molecule has 0 aliphatic carbocycles. The van der Waals surface area contributed by atoms with E-state index in [0.29, 0.717) is 0 Å². The molecule has 0 radical (unpaired) electrons. The highest BCUT2D eigenvalue weighted by molar-refractivity contribution is 6.31. The van der Waals surface area contributed by atoms with Crippen molar-refractivity contribution in [2.24, 2.45) is 0 Å². The van der Waals surface area contributed by atoms with Crippen LogP contribution in [0.4, 0.5) is 0 Å². The molecule has 0 aliphatic rings. The Morgan fingerprint density at radius 2 is 1.90 bits per heavy atom. The number of aromatic nitrogens is 3. The lowest BCUT2D eigenvalue weighted by atomic mass is 11.0. The minimum absolute atomic E-state index is 0.223. The van der Waals surface area contributed by atoms with Gasteiger partial charge in [-0.2, -0.15) is 15.0 Å². The quantitative estimate of drug-likeness (QED) is 0.655. The van der Waals surface area contributed by atoms with Crippen LogP contribution in [-0.4, -0.2) is 22.0 Å². The second-order valence-corrected chi connectivity index (χ2v) is 1.93. The number of hydrogen-bond acceptors (Lipinski definition) is 4. The van der Waals surface area contributed by atoms with Gasteiger partial charge in [-0.15, -0.1) is 0 Å². The van der Waals surface area contributed by atoms with E-state index >= 15 is 0 Å². The first kappa shape index (κ1) is 4.31. The second kappa shape index (κ2) is 2.98. The van der Waals surface area contributed by atoms with Crippen LogP contribution in [-0.2, 0) is 0 Å². The Kier molecular flexibility index (Phi) is 1.29. The average Bonchev–Trinajstić information content (AvgIpc) is 1.78. The normalized spacial score (nSPS) is 15.2. The number of hydrogen-bond donors (Lipinski definition) is 0. The topological polar surface area (TPSA) is 47.9 Å². The molecule has 54 valence electrons. The van der Waals surface area contributed by atoms with E-state index in [4.69, 9.17) is 27.3 Å². The number of methoxy groups -OCH3 is 1. The van der Waals surface area contributed by atoms with Crippen molar-refractivity contribution in [2.45, 2.75) is 0 Å². The molecule has 0 saturated heterocycles. The van der Waals surface area contributed by atoms with E-state index in [0.717, 1.165) is 0 Å². The van der Waals surface area contributed by atoms with E-state index < -0.39 is 13.0 Å². The van der Waals surface area contributed by atoms with Crippen LogP contribution in [0, 0.1) is 0 Å². The summed E-state index contributed by atoms with van der Waals surface area (Å²) in [6.45, 7) is 0. The van der Waals surface area contributed by atoms with Crippen molar-refractivity contribution < 1.29 is 8.85 Å². The van der Waals surface area contributed by atoms with Crippen LogP contribution in [0.5, 0.6) is 6.01 Å². The van der Waals surface area contributed by atoms with Gasteiger partial charge in [0.15, 0.2) is 0 Å². The Hall–Kier alpha value is -0.610. The van der Waals surface area contributed by atoms with Crippen molar-refractivity contribution >= 4 is 23.2 Å². The van der Waals surface area contributed by atoms with Crippen LogP contribution in [0.1, 0.15) is 4.11 Å². The molecule has 1 aromatic rings. The zero-order chi connectivity index (χ0) is 10.1. The zero-order valence-electron chi connectivity index (χ0n) is 7.51. The van der Waals surface area contributed by atoms with E-state index in [1.54, 1.807) is 0 Å². The van der Waals surface area contributed by atoms with Crippen molar-refractivity contribution in [2.75, 3.05) is 7.04 Å². The van der Waals surface area contributed by atoms with Crippen LogP contribution >= 0.6 is 23.2 Å². The summed E-state index contributed by atoms with van der Waals surface area (Å²) < 4.78 is 24.5. The van der Waals surface area contributed by atoms with Crippen molar-refractivity contribution in [3.8, 4) is 6.01 Å². The summed E-state index contributed by atoms with van der Waals surface area (Å²) in [7, 11) is -2.63. The lowest BCUT2D eigenvalue weighted by Gasteiger charge is -1.95. The minimum atomic E-state index is -2.63. The smallest absolute Gasteiger partial charge is 0.321 e. The number of halogens is 2. The fraction of sp³-hybridized carbons (Fsp3) is 0.250. The fourth-order valence-corrected chi connectivity index (χ4v) is 0.703. The number of nitrogens with zero attached hydrogens (tertiary/aromatic N) is 3. The maximum atomic E-state index is 6.73. The zero-order valence-corrected chi connectivity index (χ0v) is 6.02. The van der Waals surface area contributed by atoms with E-state index in [1.165, 1.54) is 0 Å². The molecular weight excluding hydrogens is 177 g/mol. The third-order valence-corrected chi connectivity index (χ3v) is 0.990. The standard InChI is InChI=1S/C4H3Cl2N3O/c1-10-4-8-2(5)7-3(6)9-4/h1H3/i1D3. The Morgan fingerprint density at radius 3 is 2.40 bits per heavy atom. The molecule has 1 heterocycles. The summed E-state index contributed by atoms with van der Waals surface area (Å²) in [6, 6.07) is -0.426. The largest absolute Gasteiger partial charge is 0.467 e. The fourth-order valence-electron chi connectivity index (χ4n) is 0.355. The first-order chi connectivity index (χ1) is 5.87. The monoisotopic (exact) mass is 182 g/mol. The van der Waals surface area contributed by atoms with Crippen molar-refractivity contribution in [1.82, 2.24) is 15.0 Å². The highest BCUT2D eigenvalue weighted by atomic mass is 35.5. The molecule has 6 heteroatoms. The molecule has 0 bridgehead atoms. The van der Waals surface area contributed by atoms with Crippen molar-refractivity contribution in [3.05, 3.63) is 10.6 Å². The van der Waals surface area contributed by atoms with E-state index in [9.17, 15) is 0 Å². The Bertz CT molecular complexity index is 298.